The number of hydrogen-bond acceptors (Lipinski definition) is 6. The van der Waals surface area contributed by atoms with E-state index in [1.807, 2.05) is 0 Å². The Balaban J connectivity index is 1.91. The highest BCUT2D eigenvalue weighted by Gasteiger charge is 2.20. The van der Waals surface area contributed by atoms with Crippen LogP contribution in [0.5, 0.6) is 0 Å². The van der Waals surface area contributed by atoms with Gasteiger partial charge in [0, 0.05) is 15.7 Å². The first-order valence-electron chi connectivity index (χ1n) is 9.35. The van der Waals surface area contributed by atoms with Crippen molar-refractivity contribution in [2.75, 3.05) is 22.4 Å². The van der Waals surface area contributed by atoms with Gasteiger partial charge in [0.15, 0.2) is 9.84 Å². The molecule has 3 N–H and O–H groups in total. The molecule has 0 unspecified atom stereocenters. The molecule has 12 heteroatoms. The maximum Gasteiger partial charge on any atom is 0.261 e. The summed E-state index contributed by atoms with van der Waals surface area (Å²) in [5, 5.41) is 12.0. The lowest BCUT2D eigenvalue weighted by atomic mass is 10.1. The lowest BCUT2D eigenvalue weighted by Crippen LogP contribution is -2.19. The van der Waals surface area contributed by atoms with Crippen molar-refractivity contribution in [3.8, 4) is 0 Å². The van der Waals surface area contributed by atoms with Crippen LogP contribution in [0.15, 0.2) is 76.5 Å². The fraction of sp³-hybridized carbons (Fsp3) is 0.0952. The van der Waals surface area contributed by atoms with E-state index in [4.69, 9.17) is 28.3 Å². The van der Waals surface area contributed by atoms with Crippen molar-refractivity contribution in [1.82, 2.24) is 0 Å². The molecule has 3 rings (SSSR count). The smallest absolute Gasteiger partial charge is 0.261 e. The van der Waals surface area contributed by atoms with Crippen LogP contribution < -0.4 is 10.0 Å². The van der Waals surface area contributed by atoms with Gasteiger partial charge < -0.3 is 10.4 Å². The third kappa shape index (κ3) is 6.24. The standard InChI is InChI=1S/C21H18Cl2N2O6S2/c22-14-4-7-17(8-5-14)33(30,31)25-20-9-6-15(23)12-19(20)21(27)24-16-2-1-3-18(13-16)32(28,29)11-10-26/h1-9,12-13,25-26H,10-11H2,(H,24,27). The molecule has 0 bridgehead atoms. The van der Waals surface area contributed by atoms with Crippen molar-refractivity contribution in [2.24, 2.45) is 0 Å². The first-order valence-corrected chi connectivity index (χ1v) is 13.2. The Morgan fingerprint density at radius 1 is 0.848 bits per heavy atom. The maximum atomic E-state index is 12.9. The molecule has 0 aliphatic carbocycles. The first kappa shape index (κ1) is 25.0. The number of sulfone groups is 1. The molecule has 0 aliphatic rings. The molecule has 33 heavy (non-hydrogen) atoms. The van der Waals surface area contributed by atoms with E-state index in [0.29, 0.717) is 5.02 Å². The molecule has 3 aromatic rings. The monoisotopic (exact) mass is 528 g/mol. The number of hydrogen-bond donors (Lipinski definition) is 3. The normalized spacial score (nSPS) is 11.7. The molecule has 0 aliphatic heterocycles. The fourth-order valence-electron chi connectivity index (χ4n) is 2.81. The minimum atomic E-state index is -4.04. The Kier molecular flexibility index (Phi) is 7.65. The molecule has 0 spiro atoms. The summed E-state index contributed by atoms with van der Waals surface area (Å²) in [6.45, 7) is -0.543. The van der Waals surface area contributed by atoms with Crippen molar-refractivity contribution in [2.45, 2.75) is 9.79 Å². The van der Waals surface area contributed by atoms with Crippen LogP contribution in [0.2, 0.25) is 10.0 Å². The number of halogens is 2. The molecular formula is C21H18Cl2N2O6S2. The van der Waals surface area contributed by atoms with Gasteiger partial charge in [-0.1, -0.05) is 29.3 Å². The first-order chi connectivity index (χ1) is 15.5. The van der Waals surface area contributed by atoms with E-state index in [0.717, 1.165) is 0 Å². The predicted octanol–water partition coefficient (Wildman–Crippen LogP) is 3.81. The van der Waals surface area contributed by atoms with E-state index in [2.05, 4.69) is 10.0 Å². The zero-order valence-corrected chi connectivity index (χ0v) is 20.0. The number of nitrogens with one attached hydrogen (secondary N) is 2. The highest BCUT2D eigenvalue weighted by Crippen LogP contribution is 2.26. The molecule has 0 atom stereocenters. The van der Waals surface area contributed by atoms with Gasteiger partial charge in [0.25, 0.3) is 15.9 Å². The third-order valence-electron chi connectivity index (χ3n) is 4.41. The molecule has 3 aromatic carbocycles. The van der Waals surface area contributed by atoms with E-state index in [1.165, 1.54) is 66.7 Å². The molecule has 0 saturated heterocycles. The molecule has 0 radical (unpaired) electrons. The van der Waals surface area contributed by atoms with Crippen molar-refractivity contribution in [1.29, 1.82) is 0 Å². The fourth-order valence-corrected chi connectivity index (χ4v) is 5.26. The number of aliphatic hydroxyl groups excluding tert-OH is 1. The van der Waals surface area contributed by atoms with Crippen molar-refractivity contribution in [3.05, 3.63) is 82.3 Å². The SMILES string of the molecule is O=C(Nc1cccc(S(=O)(=O)CCO)c1)c1cc(Cl)ccc1NS(=O)(=O)c1ccc(Cl)cc1. The average molecular weight is 529 g/mol. The number of rotatable bonds is 8. The van der Waals surface area contributed by atoms with E-state index in [-0.39, 0.29) is 31.8 Å². The Bertz CT molecular complexity index is 1390. The Morgan fingerprint density at radius 2 is 1.52 bits per heavy atom. The number of aliphatic hydroxyl groups is 1. The molecule has 0 saturated carbocycles. The predicted molar refractivity (Wildman–Crippen MR) is 127 cm³/mol. The zero-order valence-electron chi connectivity index (χ0n) is 16.8. The molecule has 174 valence electrons. The lowest BCUT2D eigenvalue weighted by Gasteiger charge is -2.14. The van der Waals surface area contributed by atoms with Crippen LogP contribution in [0.4, 0.5) is 11.4 Å². The van der Waals surface area contributed by atoms with Gasteiger partial charge in [-0.2, -0.15) is 0 Å². The third-order valence-corrected chi connectivity index (χ3v) is 7.97. The number of amides is 1. The Hall–Kier alpha value is -2.63. The molecule has 0 fully saturated rings. The molecule has 0 aromatic heterocycles. The summed E-state index contributed by atoms with van der Waals surface area (Å²) in [5.74, 6) is -1.18. The second-order valence-corrected chi connectivity index (χ2v) is 11.4. The molecule has 1 amide bonds. The summed E-state index contributed by atoms with van der Waals surface area (Å²) in [7, 11) is -7.77. The van der Waals surface area contributed by atoms with Crippen LogP contribution in [0, 0.1) is 0 Å². The maximum absolute atomic E-state index is 12.9. The summed E-state index contributed by atoms with van der Waals surface area (Å²) in [4.78, 5) is 12.8. The summed E-state index contributed by atoms with van der Waals surface area (Å²) in [5.41, 5.74) is 0.0464. The summed E-state index contributed by atoms with van der Waals surface area (Å²) >= 11 is 11.8. The number of carbonyl (C=O) groups is 1. The largest absolute Gasteiger partial charge is 0.395 e. The van der Waals surface area contributed by atoms with Gasteiger partial charge in [-0.05, 0) is 60.7 Å². The van der Waals surface area contributed by atoms with Crippen LogP contribution in [0.25, 0.3) is 0 Å². The van der Waals surface area contributed by atoms with Crippen LogP contribution in [-0.2, 0) is 19.9 Å². The van der Waals surface area contributed by atoms with Gasteiger partial charge in [0.2, 0.25) is 0 Å². The van der Waals surface area contributed by atoms with Gasteiger partial charge in [0.1, 0.15) is 0 Å². The van der Waals surface area contributed by atoms with Crippen LogP contribution in [0.3, 0.4) is 0 Å². The van der Waals surface area contributed by atoms with Gasteiger partial charge in [-0.25, -0.2) is 16.8 Å². The van der Waals surface area contributed by atoms with Crippen LogP contribution in [-0.4, -0.2) is 40.2 Å². The summed E-state index contributed by atoms with van der Waals surface area (Å²) in [6.07, 6.45) is 0. The number of benzene rings is 3. The van der Waals surface area contributed by atoms with Gasteiger partial charge in [0.05, 0.1) is 33.4 Å². The van der Waals surface area contributed by atoms with E-state index in [9.17, 15) is 21.6 Å². The second-order valence-electron chi connectivity index (χ2n) is 6.77. The average Bonchev–Trinajstić information content (AvgIpc) is 2.75. The number of carbonyl (C=O) groups excluding carboxylic acids is 1. The number of sulfonamides is 1. The lowest BCUT2D eigenvalue weighted by molar-refractivity contribution is 0.102. The van der Waals surface area contributed by atoms with Crippen molar-refractivity contribution >= 4 is 60.3 Å². The highest BCUT2D eigenvalue weighted by molar-refractivity contribution is 7.92. The van der Waals surface area contributed by atoms with Crippen LogP contribution >= 0.6 is 23.2 Å². The van der Waals surface area contributed by atoms with E-state index in [1.54, 1.807) is 0 Å². The topological polar surface area (TPSA) is 130 Å². The van der Waals surface area contributed by atoms with Gasteiger partial charge in [-0.15, -0.1) is 0 Å². The van der Waals surface area contributed by atoms with Gasteiger partial charge >= 0.3 is 0 Å². The molecular weight excluding hydrogens is 511 g/mol. The summed E-state index contributed by atoms with van der Waals surface area (Å²) < 4.78 is 52.2. The Morgan fingerprint density at radius 3 is 2.18 bits per heavy atom. The number of anilines is 2. The van der Waals surface area contributed by atoms with E-state index >= 15 is 0 Å². The quantitative estimate of drug-likeness (QED) is 0.407. The molecule has 0 heterocycles. The summed E-state index contributed by atoms with van der Waals surface area (Å²) in [6, 6.07) is 15.0. The van der Waals surface area contributed by atoms with Crippen molar-refractivity contribution in [3.63, 3.8) is 0 Å². The second kappa shape index (κ2) is 10.1. The zero-order chi connectivity index (χ0) is 24.2. The molecule has 8 nitrogen and oxygen atoms in total. The minimum absolute atomic E-state index is 0.0316. The minimum Gasteiger partial charge on any atom is -0.395 e. The highest BCUT2D eigenvalue weighted by atomic mass is 35.5. The van der Waals surface area contributed by atoms with Gasteiger partial charge in [-0.3, -0.25) is 9.52 Å². The Labute approximate surface area is 201 Å². The van der Waals surface area contributed by atoms with Crippen LogP contribution in [0.1, 0.15) is 10.4 Å². The van der Waals surface area contributed by atoms with Crippen molar-refractivity contribution < 1.29 is 26.7 Å². The van der Waals surface area contributed by atoms with E-state index < -0.39 is 38.1 Å².